The first-order chi connectivity index (χ1) is 12.8. The van der Waals surface area contributed by atoms with Gasteiger partial charge < -0.3 is 9.47 Å². The highest BCUT2D eigenvalue weighted by atomic mass is 32.1. The van der Waals surface area contributed by atoms with E-state index in [9.17, 15) is 0 Å². The van der Waals surface area contributed by atoms with E-state index in [1.807, 2.05) is 18.4 Å². The van der Waals surface area contributed by atoms with Gasteiger partial charge in [0.05, 0.1) is 5.39 Å². The van der Waals surface area contributed by atoms with E-state index in [1.54, 1.807) is 17.5 Å². The van der Waals surface area contributed by atoms with E-state index in [-0.39, 0.29) is 0 Å². The van der Waals surface area contributed by atoms with Gasteiger partial charge in [-0.2, -0.15) is 0 Å². The molecule has 1 atom stereocenters. The number of thiophene rings is 1. The molecule has 26 heavy (non-hydrogen) atoms. The minimum Gasteiger partial charge on any atom is -0.355 e. The fourth-order valence-electron chi connectivity index (χ4n) is 4.53. The average Bonchev–Trinajstić information content (AvgIpc) is 3.17. The highest BCUT2D eigenvalue weighted by molar-refractivity contribution is 7.18. The number of fused-ring (bicyclic) bond motifs is 3. The summed E-state index contributed by atoms with van der Waals surface area (Å²) in [4.78, 5) is 14.5. The molecule has 136 valence electrons. The van der Waals surface area contributed by atoms with Gasteiger partial charge in [-0.1, -0.05) is 6.42 Å². The van der Waals surface area contributed by atoms with Crippen LogP contribution in [0.25, 0.3) is 10.2 Å². The summed E-state index contributed by atoms with van der Waals surface area (Å²) < 4.78 is 2.06. The summed E-state index contributed by atoms with van der Waals surface area (Å²) >= 11 is 1.89. The standard InChI is InChI=1S/C19H24N6S/c1-24-12-22-23-17(24)13-6-5-9-25(10-13)18-16-14-7-3-2-4-8-15(14)26-19(16)21-11-20-18/h11-13H,2-10H2,1H3/t13-/m0/s1. The minimum absolute atomic E-state index is 0.415. The Hall–Kier alpha value is -2.02. The Morgan fingerprint density at radius 2 is 2.04 bits per heavy atom. The van der Waals surface area contributed by atoms with Crippen molar-refractivity contribution >= 4 is 27.4 Å². The first kappa shape index (κ1) is 16.2. The first-order valence-corrected chi connectivity index (χ1v) is 10.5. The van der Waals surface area contributed by atoms with Crippen LogP contribution in [0.3, 0.4) is 0 Å². The maximum absolute atomic E-state index is 4.76. The fraction of sp³-hybridized carbons (Fsp3) is 0.579. The maximum Gasteiger partial charge on any atom is 0.141 e. The molecule has 0 radical (unpaired) electrons. The van der Waals surface area contributed by atoms with Crippen LogP contribution in [-0.4, -0.2) is 37.8 Å². The van der Waals surface area contributed by atoms with Gasteiger partial charge in [-0.05, 0) is 44.1 Å². The van der Waals surface area contributed by atoms with Crippen molar-refractivity contribution in [2.45, 2.75) is 50.9 Å². The Morgan fingerprint density at radius 1 is 1.12 bits per heavy atom. The van der Waals surface area contributed by atoms with E-state index in [1.165, 1.54) is 54.3 Å². The smallest absolute Gasteiger partial charge is 0.141 e. The quantitative estimate of drug-likeness (QED) is 0.648. The summed E-state index contributed by atoms with van der Waals surface area (Å²) in [5.41, 5.74) is 1.53. The molecular formula is C19H24N6S. The number of hydrogen-bond donors (Lipinski definition) is 0. The summed E-state index contributed by atoms with van der Waals surface area (Å²) in [5, 5.41) is 9.76. The Kier molecular flexibility index (Phi) is 4.11. The molecule has 1 saturated heterocycles. The lowest BCUT2D eigenvalue weighted by Gasteiger charge is -2.33. The molecule has 1 aliphatic carbocycles. The highest BCUT2D eigenvalue weighted by Gasteiger charge is 2.28. The molecule has 1 fully saturated rings. The van der Waals surface area contributed by atoms with Crippen molar-refractivity contribution in [2.75, 3.05) is 18.0 Å². The second-order valence-corrected chi connectivity index (χ2v) is 8.61. The highest BCUT2D eigenvalue weighted by Crippen LogP contribution is 2.40. The number of piperidine rings is 1. The third-order valence-corrected chi connectivity index (χ3v) is 7.01. The van der Waals surface area contributed by atoms with Crippen molar-refractivity contribution in [2.24, 2.45) is 7.05 Å². The number of anilines is 1. The van der Waals surface area contributed by atoms with Crippen LogP contribution in [-0.2, 0) is 19.9 Å². The van der Waals surface area contributed by atoms with Gasteiger partial charge in [0.2, 0.25) is 0 Å². The van der Waals surface area contributed by atoms with Crippen LogP contribution in [0.5, 0.6) is 0 Å². The summed E-state index contributed by atoms with van der Waals surface area (Å²) in [6, 6.07) is 0. The Bertz CT molecular complexity index is 929. The molecule has 3 aromatic rings. The monoisotopic (exact) mass is 368 g/mol. The van der Waals surface area contributed by atoms with E-state index in [0.717, 1.165) is 31.2 Å². The molecular weight excluding hydrogens is 344 g/mol. The summed E-state index contributed by atoms with van der Waals surface area (Å²) in [7, 11) is 2.04. The molecule has 0 amide bonds. The second kappa shape index (κ2) is 6.61. The SMILES string of the molecule is Cn1cnnc1[C@H]1CCCN(c2ncnc3sc4c(c23)CCCCC4)C1. The van der Waals surface area contributed by atoms with E-state index >= 15 is 0 Å². The predicted octanol–water partition coefficient (Wildman–Crippen LogP) is 3.47. The zero-order valence-electron chi connectivity index (χ0n) is 15.2. The van der Waals surface area contributed by atoms with Crippen LogP contribution in [0.15, 0.2) is 12.7 Å². The van der Waals surface area contributed by atoms with Crippen LogP contribution in [0.2, 0.25) is 0 Å². The molecule has 2 aliphatic rings. The van der Waals surface area contributed by atoms with Crippen LogP contribution >= 0.6 is 11.3 Å². The molecule has 0 saturated carbocycles. The third-order valence-electron chi connectivity index (χ3n) is 5.81. The summed E-state index contributed by atoms with van der Waals surface area (Å²) in [6.07, 6.45) is 12.2. The molecule has 1 aliphatic heterocycles. The van der Waals surface area contributed by atoms with Gasteiger partial charge in [0.1, 0.15) is 29.1 Å². The Labute approximate surface area is 157 Å². The van der Waals surface area contributed by atoms with E-state index in [2.05, 4.69) is 24.6 Å². The van der Waals surface area contributed by atoms with Crippen LogP contribution in [0, 0.1) is 0 Å². The molecule has 5 rings (SSSR count). The normalized spacial score (nSPS) is 21.0. The maximum atomic E-state index is 4.76. The number of nitrogens with zero attached hydrogens (tertiary/aromatic N) is 6. The van der Waals surface area contributed by atoms with Crippen LogP contribution in [0.1, 0.15) is 54.3 Å². The lowest BCUT2D eigenvalue weighted by molar-refractivity contribution is 0.478. The van der Waals surface area contributed by atoms with E-state index in [4.69, 9.17) is 4.98 Å². The van der Waals surface area contributed by atoms with Gasteiger partial charge in [-0.25, -0.2) is 9.97 Å². The lowest BCUT2D eigenvalue weighted by Crippen LogP contribution is -2.36. The summed E-state index contributed by atoms with van der Waals surface area (Å²) in [6.45, 7) is 2.02. The van der Waals surface area contributed by atoms with Gasteiger partial charge in [-0.15, -0.1) is 21.5 Å². The van der Waals surface area contributed by atoms with Gasteiger partial charge in [0.25, 0.3) is 0 Å². The predicted molar refractivity (Wildman–Crippen MR) is 104 cm³/mol. The molecule has 0 spiro atoms. The molecule has 0 aromatic carbocycles. The number of rotatable bonds is 2. The van der Waals surface area contributed by atoms with Crippen molar-refractivity contribution in [1.29, 1.82) is 0 Å². The van der Waals surface area contributed by atoms with E-state index < -0.39 is 0 Å². The lowest BCUT2D eigenvalue weighted by atomic mass is 9.96. The Morgan fingerprint density at radius 3 is 2.92 bits per heavy atom. The molecule has 6 nitrogen and oxygen atoms in total. The van der Waals surface area contributed by atoms with Crippen molar-refractivity contribution in [3.63, 3.8) is 0 Å². The van der Waals surface area contributed by atoms with Gasteiger partial charge in [-0.3, -0.25) is 0 Å². The minimum atomic E-state index is 0.415. The number of aromatic nitrogens is 5. The average molecular weight is 369 g/mol. The van der Waals surface area contributed by atoms with E-state index in [0.29, 0.717) is 5.92 Å². The molecule has 7 heteroatoms. The first-order valence-electron chi connectivity index (χ1n) is 9.65. The van der Waals surface area contributed by atoms with Crippen LogP contribution < -0.4 is 4.90 Å². The Balaban J connectivity index is 1.54. The molecule has 4 heterocycles. The van der Waals surface area contributed by atoms with Crippen molar-refractivity contribution in [3.05, 3.63) is 28.9 Å². The zero-order chi connectivity index (χ0) is 17.5. The summed E-state index contributed by atoms with van der Waals surface area (Å²) in [5.74, 6) is 2.64. The van der Waals surface area contributed by atoms with Crippen molar-refractivity contribution in [3.8, 4) is 0 Å². The second-order valence-electron chi connectivity index (χ2n) is 7.53. The van der Waals surface area contributed by atoms with Gasteiger partial charge in [0.15, 0.2) is 0 Å². The topological polar surface area (TPSA) is 59.7 Å². The van der Waals surface area contributed by atoms with Gasteiger partial charge >= 0.3 is 0 Å². The molecule has 0 N–H and O–H groups in total. The van der Waals surface area contributed by atoms with Gasteiger partial charge in [0, 0.05) is 30.9 Å². The largest absolute Gasteiger partial charge is 0.355 e. The zero-order valence-corrected chi connectivity index (χ0v) is 16.0. The molecule has 0 bridgehead atoms. The molecule has 3 aromatic heterocycles. The van der Waals surface area contributed by atoms with Crippen LogP contribution in [0.4, 0.5) is 5.82 Å². The fourth-order valence-corrected chi connectivity index (χ4v) is 5.76. The molecule has 0 unspecified atom stereocenters. The number of aryl methyl sites for hydroxylation is 3. The van der Waals surface area contributed by atoms with Crippen molar-refractivity contribution in [1.82, 2.24) is 24.7 Å². The number of hydrogen-bond acceptors (Lipinski definition) is 6. The van der Waals surface area contributed by atoms with Crippen molar-refractivity contribution < 1.29 is 0 Å². The third kappa shape index (κ3) is 2.69.